The van der Waals surface area contributed by atoms with Crippen molar-refractivity contribution in [3.05, 3.63) is 29.2 Å². The molecule has 0 bridgehead atoms. The van der Waals surface area contributed by atoms with Gasteiger partial charge >= 0.3 is 0 Å². The zero-order valence-corrected chi connectivity index (χ0v) is 11.0. The van der Waals surface area contributed by atoms with Crippen LogP contribution in [0, 0.1) is 10.8 Å². The molecule has 1 aliphatic rings. The van der Waals surface area contributed by atoms with Crippen molar-refractivity contribution in [2.45, 2.75) is 12.8 Å². The molecule has 0 atom stereocenters. The van der Waals surface area contributed by atoms with Gasteiger partial charge in [-0.3, -0.25) is 4.90 Å². The molecule has 1 aliphatic heterocycles. The third-order valence-electron chi connectivity index (χ3n) is 3.61. The molecule has 2 rings (SSSR count). The van der Waals surface area contributed by atoms with Gasteiger partial charge in [-0.25, -0.2) is 0 Å². The number of hydrogen-bond acceptors (Lipinski definition) is 4. The van der Waals surface area contributed by atoms with E-state index in [1.807, 2.05) is 5.18 Å². The summed E-state index contributed by atoms with van der Waals surface area (Å²) in [6.07, 6.45) is 2.14. The van der Waals surface area contributed by atoms with Gasteiger partial charge in [0.1, 0.15) is 12.4 Å². The second-order valence-electron chi connectivity index (χ2n) is 4.94. The number of nitrogens with zero attached hydrogens (tertiary/aromatic N) is 1. The maximum Gasteiger partial charge on any atom is 0.253 e. The molecule has 0 spiro atoms. The minimum atomic E-state index is 0.310. The summed E-state index contributed by atoms with van der Waals surface area (Å²) < 4.78 is 5.64. The molecule has 5 nitrogen and oxygen atoms in total. The van der Waals surface area contributed by atoms with Crippen LogP contribution in [0.3, 0.4) is 0 Å². The number of nitrogens with one attached hydrogen (secondary N) is 1. The third-order valence-corrected chi connectivity index (χ3v) is 3.61. The lowest BCUT2D eigenvalue weighted by atomic mass is 9.98. The quantitative estimate of drug-likeness (QED) is 0.774. The summed E-state index contributed by atoms with van der Waals surface area (Å²) in [5.41, 5.74) is 0.540. The van der Waals surface area contributed by atoms with Gasteiger partial charge in [-0.05, 0) is 44.0 Å². The van der Waals surface area contributed by atoms with Crippen LogP contribution < -0.4 is 9.91 Å². The molecule has 1 heterocycles. The van der Waals surface area contributed by atoms with Gasteiger partial charge in [0, 0.05) is 35.4 Å². The minimum absolute atomic E-state index is 0.310. The van der Waals surface area contributed by atoms with Crippen molar-refractivity contribution in [1.82, 2.24) is 4.90 Å². The van der Waals surface area contributed by atoms with Crippen LogP contribution in [0.1, 0.15) is 12.8 Å². The van der Waals surface area contributed by atoms with E-state index in [1.165, 1.54) is 0 Å². The first-order chi connectivity index (χ1) is 9.31. The fourth-order valence-corrected chi connectivity index (χ4v) is 2.30. The van der Waals surface area contributed by atoms with Crippen LogP contribution in [0.2, 0.25) is 0 Å². The first-order valence-corrected chi connectivity index (χ1v) is 6.76. The van der Waals surface area contributed by atoms with E-state index in [0.717, 1.165) is 38.2 Å². The number of rotatable bonds is 6. The molecule has 2 N–H and O–H groups in total. The molecule has 1 aromatic carbocycles. The van der Waals surface area contributed by atoms with Crippen LogP contribution in [0.4, 0.5) is 5.69 Å². The Hall–Kier alpha value is -1.46. The summed E-state index contributed by atoms with van der Waals surface area (Å²) in [7, 11) is 0. The molecule has 1 aromatic rings. The Bertz CT molecular complexity index is 386. The number of benzene rings is 1. The zero-order valence-electron chi connectivity index (χ0n) is 11.0. The van der Waals surface area contributed by atoms with Gasteiger partial charge in [0.2, 0.25) is 0 Å². The maximum atomic E-state index is 10.4. The standard InChI is InChI=1S/C14H20N2O3/c17-11-12-5-7-16(8-6-12)9-10-19-14-3-1-13(15-18)2-4-14/h1-4,12,17H,5-11H2/p+1. The summed E-state index contributed by atoms with van der Waals surface area (Å²) in [6.45, 7) is 3.93. The molecule has 0 radical (unpaired) electrons. The molecular formula is C14H21N2O3+. The second kappa shape index (κ2) is 7.21. The van der Waals surface area contributed by atoms with E-state index in [0.29, 0.717) is 24.8 Å². The van der Waals surface area contributed by atoms with Gasteiger partial charge in [-0.15, -0.1) is 0 Å². The summed E-state index contributed by atoms with van der Waals surface area (Å²) in [5, 5.41) is 10.9. The third kappa shape index (κ3) is 4.29. The SMILES string of the molecule is O=[NH+]c1ccc(OCCN2CCC(CO)CC2)cc1. The predicted octanol–water partition coefficient (Wildman–Crippen LogP) is 0.248. The molecule has 19 heavy (non-hydrogen) atoms. The lowest BCUT2D eigenvalue weighted by molar-refractivity contribution is -0.379. The number of likely N-dealkylation sites (tertiary alicyclic amines) is 1. The Morgan fingerprint density at radius 3 is 2.53 bits per heavy atom. The fraction of sp³-hybridized carbons (Fsp3) is 0.571. The van der Waals surface area contributed by atoms with Gasteiger partial charge < -0.3 is 9.84 Å². The maximum absolute atomic E-state index is 10.4. The average molecular weight is 265 g/mol. The first-order valence-electron chi connectivity index (χ1n) is 6.76. The van der Waals surface area contributed by atoms with Crippen LogP contribution in [-0.4, -0.2) is 42.9 Å². The number of aliphatic hydroxyl groups is 1. The molecule has 5 heteroatoms. The molecule has 1 saturated heterocycles. The monoisotopic (exact) mass is 265 g/mol. The smallest absolute Gasteiger partial charge is 0.253 e. The van der Waals surface area contributed by atoms with Crippen molar-refractivity contribution >= 4 is 5.69 Å². The predicted molar refractivity (Wildman–Crippen MR) is 72.2 cm³/mol. The number of piperidine rings is 1. The molecule has 0 aliphatic carbocycles. The highest BCUT2D eigenvalue weighted by Gasteiger charge is 2.17. The summed E-state index contributed by atoms with van der Waals surface area (Å²) >= 11 is 0. The van der Waals surface area contributed by atoms with Crippen molar-refractivity contribution in [2.75, 3.05) is 32.8 Å². The van der Waals surface area contributed by atoms with E-state index in [-0.39, 0.29) is 0 Å². The van der Waals surface area contributed by atoms with Crippen LogP contribution in [0.25, 0.3) is 0 Å². The van der Waals surface area contributed by atoms with E-state index in [9.17, 15) is 4.91 Å². The zero-order chi connectivity index (χ0) is 13.5. The van der Waals surface area contributed by atoms with E-state index in [4.69, 9.17) is 9.84 Å². The van der Waals surface area contributed by atoms with Gasteiger partial charge in [0.15, 0.2) is 0 Å². The number of hydrogen-bond donors (Lipinski definition) is 2. The van der Waals surface area contributed by atoms with E-state index >= 15 is 0 Å². The fourth-order valence-electron chi connectivity index (χ4n) is 2.30. The van der Waals surface area contributed by atoms with Gasteiger partial charge in [-0.1, -0.05) is 0 Å². The Labute approximate surface area is 113 Å². The van der Waals surface area contributed by atoms with Crippen LogP contribution >= 0.6 is 0 Å². The molecular weight excluding hydrogens is 244 g/mol. The average Bonchev–Trinajstić information content (AvgIpc) is 2.49. The summed E-state index contributed by atoms with van der Waals surface area (Å²) in [5.74, 6) is 1.26. The molecule has 104 valence electrons. The van der Waals surface area contributed by atoms with E-state index in [2.05, 4.69) is 4.90 Å². The Balaban J connectivity index is 1.67. The second-order valence-corrected chi connectivity index (χ2v) is 4.94. The summed E-state index contributed by atoms with van der Waals surface area (Å²) in [4.78, 5) is 12.8. The largest absolute Gasteiger partial charge is 0.492 e. The molecule has 0 amide bonds. The van der Waals surface area contributed by atoms with Crippen molar-refractivity contribution in [3.63, 3.8) is 0 Å². The minimum Gasteiger partial charge on any atom is -0.492 e. The topological polar surface area (TPSA) is 63.7 Å². The van der Waals surface area contributed by atoms with Gasteiger partial charge in [0.05, 0.1) is 0 Å². The van der Waals surface area contributed by atoms with E-state index < -0.39 is 0 Å². The normalized spacial score (nSPS) is 17.3. The molecule has 0 saturated carbocycles. The molecule has 0 aromatic heterocycles. The first kappa shape index (κ1) is 14.0. The molecule has 1 fully saturated rings. The number of nitroso groups, excluding NO2 is 1. The highest BCUT2D eigenvalue weighted by Crippen LogP contribution is 2.16. The number of aliphatic hydroxyl groups excluding tert-OH is 1. The van der Waals surface area contributed by atoms with Crippen LogP contribution in [0.5, 0.6) is 5.75 Å². The highest BCUT2D eigenvalue weighted by molar-refractivity contribution is 5.34. The van der Waals surface area contributed by atoms with Crippen LogP contribution in [0.15, 0.2) is 24.3 Å². The highest BCUT2D eigenvalue weighted by atomic mass is 16.5. The molecule has 0 unspecified atom stereocenters. The van der Waals surface area contributed by atoms with Crippen molar-refractivity contribution in [3.8, 4) is 5.75 Å². The Kier molecular flexibility index (Phi) is 5.30. The lowest BCUT2D eigenvalue weighted by Crippen LogP contribution is -2.55. The Morgan fingerprint density at radius 2 is 1.95 bits per heavy atom. The van der Waals surface area contributed by atoms with Gasteiger partial charge in [-0.2, -0.15) is 0 Å². The summed E-state index contributed by atoms with van der Waals surface area (Å²) in [6, 6.07) is 6.99. The van der Waals surface area contributed by atoms with Crippen molar-refractivity contribution in [1.29, 1.82) is 0 Å². The van der Waals surface area contributed by atoms with E-state index in [1.54, 1.807) is 24.3 Å². The van der Waals surface area contributed by atoms with Crippen molar-refractivity contribution in [2.24, 2.45) is 5.92 Å². The van der Waals surface area contributed by atoms with Gasteiger partial charge in [0.25, 0.3) is 5.69 Å². The lowest BCUT2D eigenvalue weighted by Gasteiger charge is -2.30. The number of ether oxygens (including phenoxy) is 1. The Morgan fingerprint density at radius 1 is 1.26 bits per heavy atom. The van der Waals surface area contributed by atoms with Crippen LogP contribution in [-0.2, 0) is 0 Å². The van der Waals surface area contributed by atoms with Crippen molar-refractivity contribution < 1.29 is 15.0 Å².